The summed E-state index contributed by atoms with van der Waals surface area (Å²) in [6, 6.07) is 9.41. The van der Waals surface area contributed by atoms with Crippen LogP contribution in [0.2, 0.25) is 0 Å². The summed E-state index contributed by atoms with van der Waals surface area (Å²) < 4.78 is 0. The van der Waals surface area contributed by atoms with Gasteiger partial charge in [0.1, 0.15) is 5.75 Å². The molecule has 0 saturated carbocycles. The van der Waals surface area contributed by atoms with Gasteiger partial charge >= 0.3 is 5.69 Å². The van der Waals surface area contributed by atoms with E-state index in [0.29, 0.717) is 0 Å². The second-order valence-electron chi connectivity index (χ2n) is 4.39. The van der Waals surface area contributed by atoms with Gasteiger partial charge in [-0.25, -0.2) is 0 Å². The maximum atomic E-state index is 10.7. The quantitative estimate of drug-likeness (QED) is 0.455. The molecule has 7 heteroatoms. The molecule has 0 heterocycles. The Balaban J connectivity index is 2.18. The van der Waals surface area contributed by atoms with E-state index >= 15 is 0 Å². The fraction of sp³-hybridized carbons (Fsp3) is 0.0714. The molecule has 2 rings (SSSR count). The maximum absolute atomic E-state index is 10.7. The summed E-state index contributed by atoms with van der Waals surface area (Å²) in [5, 5.41) is 33.6. The molecule has 108 valence electrons. The lowest BCUT2D eigenvalue weighted by atomic mass is 10.2. The summed E-state index contributed by atoms with van der Waals surface area (Å²) in [6.45, 7) is 1.96. The number of nitro benzene ring substituents is 1. The smallest absolute Gasteiger partial charge is 0.311 e. The van der Waals surface area contributed by atoms with Gasteiger partial charge < -0.3 is 10.2 Å². The molecule has 0 atom stereocenters. The zero-order valence-electron chi connectivity index (χ0n) is 11.1. The van der Waals surface area contributed by atoms with Gasteiger partial charge in [-0.05, 0) is 19.1 Å². The van der Waals surface area contributed by atoms with Gasteiger partial charge in [0.2, 0.25) is 0 Å². The number of rotatable bonds is 4. The number of phenols is 2. The fourth-order valence-electron chi connectivity index (χ4n) is 1.64. The van der Waals surface area contributed by atoms with Crippen molar-refractivity contribution in [1.29, 1.82) is 0 Å². The molecule has 0 aliphatic carbocycles. The summed E-state index contributed by atoms with van der Waals surface area (Å²) in [4.78, 5) is 9.98. The number of nitrogens with one attached hydrogen (secondary N) is 1. The van der Waals surface area contributed by atoms with Crippen molar-refractivity contribution in [3.05, 3.63) is 57.6 Å². The average molecular weight is 287 g/mol. The van der Waals surface area contributed by atoms with Gasteiger partial charge in [-0.1, -0.05) is 17.7 Å². The number of phenolic OH excluding ortho intramolecular Hbond substituents is 2. The first kappa shape index (κ1) is 14.3. The molecule has 0 unspecified atom stereocenters. The van der Waals surface area contributed by atoms with Crippen LogP contribution in [0.25, 0.3) is 0 Å². The highest BCUT2D eigenvalue weighted by molar-refractivity contribution is 5.86. The molecule has 0 bridgehead atoms. The van der Waals surface area contributed by atoms with Crippen molar-refractivity contribution >= 4 is 17.6 Å². The number of aryl methyl sites for hydroxylation is 1. The number of hydrazone groups is 1. The predicted molar refractivity (Wildman–Crippen MR) is 78.8 cm³/mol. The number of anilines is 1. The molecule has 0 aromatic heterocycles. The van der Waals surface area contributed by atoms with Crippen molar-refractivity contribution in [3.63, 3.8) is 0 Å². The molecule has 0 amide bonds. The number of nitrogens with zero attached hydrogens (tertiary/aromatic N) is 2. The lowest BCUT2D eigenvalue weighted by Crippen LogP contribution is -1.94. The van der Waals surface area contributed by atoms with E-state index in [1.807, 2.05) is 31.2 Å². The monoisotopic (exact) mass is 287 g/mol. The molecular formula is C14H13N3O4. The van der Waals surface area contributed by atoms with Gasteiger partial charge in [0.25, 0.3) is 0 Å². The highest BCUT2D eigenvalue weighted by Crippen LogP contribution is 2.31. The van der Waals surface area contributed by atoms with Crippen LogP contribution in [0.4, 0.5) is 11.4 Å². The zero-order chi connectivity index (χ0) is 15.4. The fourth-order valence-corrected chi connectivity index (χ4v) is 1.64. The molecule has 0 fully saturated rings. The minimum absolute atomic E-state index is 0.124. The number of aromatic hydroxyl groups is 2. The molecule has 21 heavy (non-hydrogen) atoms. The normalized spacial score (nSPS) is 10.7. The van der Waals surface area contributed by atoms with Crippen LogP contribution in [0.3, 0.4) is 0 Å². The van der Waals surface area contributed by atoms with Crippen LogP contribution < -0.4 is 5.43 Å². The van der Waals surface area contributed by atoms with Crippen LogP contribution >= 0.6 is 0 Å². The number of nitro groups is 1. The summed E-state index contributed by atoms with van der Waals surface area (Å²) in [7, 11) is 0. The zero-order valence-corrected chi connectivity index (χ0v) is 11.1. The molecule has 0 aliphatic heterocycles. The van der Waals surface area contributed by atoms with Gasteiger partial charge in [-0.3, -0.25) is 15.5 Å². The third-order valence-corrected chi connectivity index (χ3v) is 2.77. The van der Waals surface area contributed by atoms with Gasteiger partial charge in [0.05, 0.1) is 16.8 Å². The highest BCUT2D eigenvalue weighted by Gasteiger charge is 2.16. The van der Waals surface area contributed by atoms with E-state index < -0.39 is 16.4 Å². The number of hydrogen-bond acceptors (Lipinski definition) is 6. The first-order valence-electron chi connectivity index (χ1n) is 6.03. The van der Waals surface area contributed by atoms with E-state index in [1.54, 1.807) is 0 Å². The molecule has 3 N–H and O–H groups in total. The first-order chi connectivity index (χ1) is 9.97. The van der Waals surface area contributed by atoms with E-state index in [-0.39, 0.29) is 11.3 Å². The standard InChI is InChI=1S/C14H13N3O4/c1-9-2-4-11(5-3-9)16-15-8-10-6-12(17(20)21)14(19)7-13(10)18/h2-8,16,18-19H,1H3. The van der Waals surface area contributed by atoms with Crippen molar-refractivity contribution in [3.8, 4) is 11.5 Å². The first-order valence-corrected chi connectivity index (χ1v) is 6.03. The Kier molecular flexibility index (Phi) is 4.03. The molecule has 0 saturated heterocycles. The average Bonchev–Trinajstić information content (AvgIpc) is 2.43. The van der Waals surface area contributed by atoms with Crippen molar-refractivity contribution in [2.75, 3.05) is 5.43 Å². The van der Waals surface area contributed by atoms with Gasteiger partial charge in [0, 0.05) is 17.7 Å². The minimum atomic E-state index is -0.737. The SMILES string of the molecule is Cc1ccc(NN=Cc2cc([N+](=O)[O-])c(O)cc2O)cc1. The third-order valence-electron chi connectivity index (χ3n) is 2.77. The van der Waals surface area contributed by atoms with Gasteiger partial charge in [0.15, 0.2) is 5.75 Å². The van der Waals surface area contributed by atoms with Crippen LogP contribution in [0.1, 0.15) is 11.1 Å². The minimum Gasteiger partial charge on any atom is -0.507 e. The van der Waals surface area contributed by atoms with Crippen molar-refractivity contribution in [1.82, 2.24) is 0 Å². The molecular weight excluding hydrogens is 274 g/mol. The lowest BCUT2D eigenvalue weighted by molar-refractivity contribution is -0.385. The Morgan fingerprint density at radius 1 is 1.19 bits per heavy atom. The highest BCUT2D eigenvalue weighted by atomic mass is 16.6. The van der Waals surface area contributed by atoms with E-state index in [9.17, 15) is 20.3 Å². The van der Waals surface area contributed by atoms with Crippen molar-refractivity contribution in [2.24, 2.45) is 5.10 Å². The Morgan fingerprint density at radius 3 is 2.48 bits per heavy atom. The number of hydrogen-bond donors (Lipinski definition) is 3. The topological polar surface area (TPSA) is 108 Å². The molecule has 2 aromatic rings. The largest absolute Gasteiger partial charge is 0.507 e. The molecule has 2 aromatic carbocycles. The van der Waals surface area contributed by atoms with Crippen molar-refractivity contribution < 1.29 is 15.1 Å². The second-order valence-corrected chi connectivity index (χ2v) is 4.39. The maximum Gasteiger partial charge on any atom is 0.311 e. The van der Waals surface area contributed by atoms with Gasteiger partial charge in [-0.15, -0.1) is 0 Å². The summed E-state index contributed by atoms with van der Waals surface area (Å²) in [5.74, 6) is -0.895. The molecule has 0 spiro atoms. The van der Waals surface area contributed by atoms with Crippen LogP contribution in [0.15, 0.2) is 41.5 Å². The van der Waals surface area contributed by atoms with Crippen LogP contribution in [0, 0.1) is 17.0 Å². The third kappa shape index (κ3) is 3.47. The lowest BCUT2D eigenvalue weighted by Gasteiger charge is -2.02. The summed E-state index contributed by atoms with van der Waals surface area (Å²) >= 11 is 0. The molecule has 0 radical (unpaired) electrons. The van der Waals surface area contributed by atoms with Crippen LogP contribution in [-0.4, -0.2) is 21.4 Å². The van der Waals surface area contributed by atoms with Crippen molar-refractivity contribution in [2.45, 2.75) is 6.92 Å². The summed E-state index contributed by atoms with van der Waals surface area (Å²) in [6.07, 6.45) is 1.24. The molecule has 7 nitrogen and oxygen atoms in total. The van der Waals surface area contributed by atoms with Crippen LogP contribution in [-0.2, 0) is 0 Å². The van der Waals surface area contributed by atoms with Crippen LogP contribution in [0.5, 0.6) is 11.5 Å². The van der Waals surface area contributed by atoms with E-state index in [4.69, 9.17) is 0 Å². The van der Waals surface area contributed by atoms with E-state index in [2.05, 4.69) is 10.5 Å². The Bertz CT molecular complexity index is 696. The summed E-state index contributed by atoms with van der Waals surface area (Å²) in [5.41, 5.74) is 4.21. The predicted octanol–water partition coefficient (Wildman–Crippen LogP) is 2.76. The number of benzene rings is 2. The Morgan fingerprint density at radius 2 is 1.86 bits per heavy atom. The van der Waals surface area contributed by atoms with E-state index in [1.165, 1.54) is 6.21 Å². The Labute approximate surface area is 120 Å². The van der Waals surface area contributed by atoms with E-state index in [0.717, 1.165) is 23.4 Å². The Hall–Kier alpha value is -3.09. The molecule has 0 aliphatic rings. The van der Waals surface area contributed by atoms with Gasteiger partial charge in [-0.2, -0.15) is 5.10 Å². The second kappa shape index (κ2) is 5.91.